The summed E-state index contributed by atoms with van der Waals surface area (Å²) >= 11 is 0. The molecule has 1 fully saturated rings. The molecule has 1 aromatic heterocycles. The molecule has 0 amide bonds. The maximum atomic E-state index is 11.0. The number of aromatic nitrogens is 2. The first-order valence-electron chi connectivity index (χ1n) is 8.45. The Morgan fingerprint density at radius 3 is 2.78 bits per heavy atom. The highest BCUT2D eigenvalue weighted by atomic mass is 16.4. The molecule has 2 N–H and O–H groups in total. The maximum Gasteiger partial charge on any atom is 0.335 e. The van der Waals surface area contributed by atoms with E-state index in [4.69, 9.17) is 5.11 Å². The number of carboxylic acid groups (broad SMARTS) is 1. The molecule has 5 nitrogen and oxygen atoms in total. The van der Waals surface area contributed by atoms with Gasteiger partial charge in [-0.15, -0.1) is 0 Å². The predicted octanol–water partition coefficient (Wildman–Crippen LogP) is 3.17. The summed E-state index contributed by atoms with van der Waals surface area (Å²) in [5.41, 5.74) is 1.94. The number of hydrogen-bond acceptors (Lipinski definition) is 3. The zero-order chi connectivity index (χ0) is 16.4. The lowest BCUT2D eigenvalue weighted by atomic mass is 9.92. The Bertz CT molecular complexity index is 685. The lowest BCUT2D eigenvalue weighted by molar-refractivity contribution is 0.0697. The Morgan fingerprint density at radius 1 is 1.35 bits per heavy atom. The second-order valence-corrected chi connectivity index (χ2v) is 7.03. The molecule has 124 valence electrons. The van der Waals surface area contributed by atoms with E-state index in [1.807, 2.05) is 0 Å². The van der Waals surface area contributed by atoms with E-state index in [1.165, 1.54) is 19.5 Å². The Hall–Kier alpha value is -1.88. The molecular weight excluding hydrogens is 290 g/mol. The van der Waals surface area contributed by atoms with Crippen LogP contribution in [-0.4, -0.2) is 45.6 Å². The van der Waals surface area contributed by atoms with Gasteiger partial charge in [-0.05, 0) is 49.4 Å². The van der Waals surface area contributed by atoms with Crippen molar-refractivity contribution >= 4 is 17.0 Å². The second kappa shape index (κ2) is 6.71. The number of fused-ring (bicyclic) bond motifs is 1. The number of carbonyl (C=O) groups is 1. The first-order valence-corrected chi connectivity index (χ1v) is 8.45. The van der Waals surface area contributed by atoms with Crippen LogP contribution < -0.4 is 0 Å². The van der Waals surface area contributed by atoms with Crippen LogP contribution in [-0.2, 0) is 6.42 Å². The van der Waals surface area contributed by atoms with Gasteiger partial charge in [0.05, 0.1) is 16.6 Å². The van der Waals surface area contributed by atoms with Gasteiger partial charge in [-0.25, -0.2) is 9.78 Å². The number of aromatic carboxylic acids is 1. The normalized spacial score (nSPS) is 22.5. The average Bonchev–Trinajstić information content (AvgIpc) is 2.87. The van der Waals surface area contributed by atoms with Crippen LogP contribution in [0.1, 0.15) is 42.9 Å². The monoisotopic (exact) mass is 315 g/mol. The van der Waals surface area contributed by atoms with Crippen molar-refractivity contribution in [1.82, 2.24) is 14.9 Å². The summed E-state index contributed by atoms with van der Waals surface area (Å²) in [5.74, 6) is 1.62. The quantitative estimate of drug-likeness (QED) is 0.889. The standard InChI is InChI=1S/C18H25N3O2/c1-12-8-13(2)11-21(10-12)7-3-4-17-19-15-6-5-14(18(22)23)9-16(15)20-17/h5-6,9,12-13H,3-4,7-8,10-11H2,1-2H3,(H,19,20)(H,22,23)/t12-,13-/m0/s1. The minimum Gasteiger partial charge on any atom is -0.478 e. The smallest absolute Gasteiger partial charge is 0.335 e. The largest absolute Gasteiger partial charge is 0.478 e. The van der Waals surface area contributed by atoms with Crippen LogP contribution in [0, 0.1) is 11.8 Å². The van der Waals surface area contributed by atoms with Gasteiger partial charge in [0, 0.05) is 19.5 Å². The highest BCUT2D eigenvalue weighted by molar-refractivity contribution is 5.92. The van der Waals surface area contributed by atoms with E-state index in [2.05, 4.69) is 28.7 Å². The number of nitrogens with zero attached hydrogens (tertiary/aromatic N) is 2. The summed E-state index contributed by atoms with van der Waals surface area (Å²) in [6.45, 7) is 8.18. The van der Waals surface area contributed by atoms with Gasteiger partial charge in [0.1, 0.15) is 5.82 Å². The molecule has 5 heteroatoms. The zero-order valence-electron chi connectivity index (χ0n) is 13.9. The number of imidazole rings is 1. The van der Waals surface area contributed by atoms with Crippen molar-refractivity contribution < 1.29 is 9.90 Å². The summed E-state index contributed by atoms with van der Waals surface area (Å²) < 4.78 is 0. The number of piperidine rings is 1. The van der Waals surface area contributed by atoms with E-state index in [0.29, 0.717) is 5.56 Å². The fourth-order valence-electron chi connectivity index (χ4n) is 3.76. The van der Waals surface area contributed by atoms with Gasteiger partial charge in [-0.2, -0.15) is 0 Å². The summed E-state index contributed by atoms with van der Waals surface area (Å²) in [7, 11) is 0. The van der Waals surface area contributed by atoms with Crippen molar-refractivity contribution in [2.24, 2.45) is 11.8 Å². The lowest BCUT2D eigenvalue weighted by Gasteiger charge is -2.34. The minimum atomic E-state index is -0.906. The van der Waals surface area contributed by atoms with Gasteiger partial charge in [0.25, 0.3) is 0 Å². The van der Waals surface area contributed by atoms with Gasteiger partial charge in [-0.3, -0.25) is 0 Å². The van der Waals surface area contributed by atoms with E-state index >= 15 is 0 Å². The molecule has 2 heterocycles. The molecule has 3 rings (SSSR count). The molecule has 0 spiro atoms. The van der Waals surface area contributed by atoms with Crippen molar-refractivity contribution in [2.45, 2.75) is 33.1 Å². The number of nitrogens with one attached hydrogen (secondary N) is 1. The van der Waals surface area contributed by atoms with E-state index in [-0.39, 0.29) is 0 Å². The maximum absolute atomic E-state index is 11.0. The van der Waals surface area contributed by atoms with Gasteiger partial charge in [0.2, 0.25) is 0 Å². The fourth-order valence-corrected chi connectivity index (χ4v) is 3.76. The molecule has 2 aromatic rings. The first-order chi connectivity index (χ1) is 11.0. The number of benzene rings is 1. The van der Waals surface area contributed by atoms with E-state index in [1.54, 1.807) is 18.2 Å². The highest BCUT2D eigenvalue weighted by Gasteiger charge is 2.21. The number of H-pyrrole nitrogens is 1. The summed E-state index contributed by atoms with van der Waals surface area (Å²) in [6, 6.07) is 5.03. The van der Waals surface area contributed by atoms with Crippen molar-refractivity contribution in [3.63, 3.8) is 0 Å². The molecule has 0 unspecified atom stereocenters. The third-order valence-electron chi connectivity index (χ3n) is 4.61. The molecule has 0 radical (unpaired) electrons. The molecule has 0 bridgehead atoms. The first kappa shape index (κ1) is 16.0. The number of hydrogen-bond donors (Lipinski definition) is 2. The molecule has 1 saturated heterocycles. The number of rotatable bonds is 5. The van der Waals surface area contributed by atoms with Crippen LogP contribution in [0.3, 0.4) is 0 Å². The van der Waals surface area contributed by atoms with Crippen LogP contribution in [0.15, 0.2) is 18.2 Å². The Balaban J connectivity index is 1.58. The fraction of sp³-hybridized carbons (Fsp3) is 0.556. The van der Waals surface area contributed by atoms with Gasteiger partial charge >= 0.3 is 5.97 Å². The van der Waals surface area contributed by atoms with E-state index < -0.39 is 5.97 Å². The van der Waals surface area contributed by atoms with Crippen LogP contribution in [0.4, 0.5) is 0 Å². The van der Waals surface area contributed by atoms with E-state index in [0.717, 1.165) is 48.1 Å². The Morgan fingerprint density at radius 2 is 2.09 bits per heavy atom. The van der Waals surface area contributed by atoms with E-state index in [9.17, 15) is 4.79 Å². The van der Waals surface area contributed by atoms with Crippen molar-refractivity contribution in [1.29, 1.82) is 0 Å². The van der Waals surface area contributed by atoms with Gasteiger partial charge < -0.3 is 15.0 Å². The van der Waals surface area contributed by atoms with Gasteiger partial charge in [-0.1, -0.05) is 13.8 Å². The molecule has 0 aliphatic carbocycles. The molecular formula is C18H25N3O2. The summed E-state index contributed by atoms with van der Waals surface area (Å²) in [4.78, 5) is 21.4. The molecule has 1 aliphatic rings. The molecule has 2 atom stereocenters. The zero-order valence-corrected chi connectivity index (χ0v) is 13.9. The van der Waals surface area contributed by atoms with Crippen molar-refractivity contribution in [2.75, 3.05) is 19.6 Å². The predicted molar refractivity (Wildman–Crippen MR) is 90.8 cm³/mol. The summed E-state index contributed by atoms with van der Waals surface area (Å²) in [6.07, 6.45) is 3.31. The molecule has 23 heavy (non-hydrogen) atoms. The van der Waals surface area contributed by atoms with Crippen LogP contribution in [0.5, 0.6) is 0 Å². The number of carboxylic acids is 1. The highest BCUT2D eigenvalue weighted by Crippen LogP contribution is 2.21. The van der Waals surface area contributed by atoms with Crippen molar-refractivity contribution in [3.8, 4) is 0 Å². The number of aryl methyl sites for hydroxylation is 1. The van der Waals surface area contributed by atoms with Crippen molar-refractivity contribution in [3.05, 3.63) is 29.6 Å². The van der Waals surface area contributed by atoms with Crippen LogP contribution in [0.25, 0.3) is 11.0 Å². The third kappa shape index (κ3) is 3.91. The SMILES string of the molecule is C[C@H]1C[C@H](C)CN(CCCc2nc3ccc(C(=O)O)cc3[nH]2)C1. The topological polar surface area (TPSA) is 69.2 Å². The Labute approximate surface area is 136 Å². The minimum absolute atomic E-state index is 0.295. The molecule has 1 aliphatic heterocycles. The third-order valence-corrected chi connectivity index (χ3v) is 4.61. The van der Waals surface area contributed by atoms with Crippen LogP contribution >= 0.6 is 0 Å². The van der Waals surface area contributed by atoms with Gasteiger partial charge in [0.15, 0.2) is 0 Å². The lowest BCUT2D eigenvalue weighted by Crippen LogP contribution is -2.39. The summed E-state index contributed by atoms with van der Waals surface area (Å²) in [5, 5.41) is 9.04. The molecule has 0 saturated carbocycles. The second-order valence-electron chi connectivity index (χ2n) is 7.03. The number of aromatic amines is 1. The average molecular weight is 315 g/mol. The van der Waals surface area contributed by atoms with Crippen LogP contribution in [0.2, 0.25) is 0 Å². The number of likely N-dealkylation sites (tertiary alicyclic amines) is 1. The molecule has 1 aromatic carbocycles. The Kier molecular flexibility index (Phi) is 4.66.